The molecule has 0 aliphatic rings. The van der Waals surface area contributed by atoms with E-state index in [0.29, 0.717) is 0 Å². The Morgan fingerprint density at radius 2 is 1.75 bits per heavy atom. The fourth-order valence-electron chi connectivity index (χ4n) is 1.96. The van der Waals surface area contributed by atoms with E-state index in [2.05, 4.69) is 5.32 Å². The van der Waals surface area contributed by atoms with E-state index in [-0.39, 0.29) is 6.61 Å². The molecule has 3 unspecified atom stereocenters. The van der Waals surface area contributed by atoms with Gasteiger partial charge in [0.2, 0.25) is 0 Å². The summed E-state index contributed by atoms with van der Waals surface area (Å²) in [4.78, 5) is 12.8. The molecular formula is C18H20ClNO3S. The first-order valence-electron chi connectivity index (χ1n) is 7.57. The lowest BCUT2D eigenvalue weighted by atomic mass is 10.2. The average molecular weight is 366 g/mol. The Balaban J connectivity index is 1.77. The summed E-state index contributed by atoms with van der Waals surface area (Å²) in [5.41, 5.74) is 0.899. The molecule has 4 nitrogen and oxygen atoms in total. The zero-order chi connectivity index (χ0) is 17.4. The molecule has 0 bridgehead atoms. The van der Waals surface area contributed by atoms with E-state index in [1.165, 1.54) is 11.8 Å². The number of aliphatic hydroxyl groups excluding tert-OH is 1. The zero-order valence-electron chi connectivity index (χ0n) is 13.3. The third-order valence-electron chi connectivity index (χ3n) is 3.33. The number of carbonyl (C=O) groups is 1. The molecule has 6 heteroatoms. The summed E-state index contributed by atoms with van der Waals surface area (Å²) in [5.74, 6) is 0. The van der Waals surface area contributed by atoms with Gasteiger partial charge in [0.25, 0.3) is 0 Å². The minimum Gasteiger partial charge on any atom is -0.445 e. The highest BCUT2D eigenvalue weighted by molar-refractivity contribution is 8.01. The number of hydrogen-bond donors (Lipinski definition) is 2. The van der Waals surface area contributed by atoms with Crippen molar-refractivity contribution in [3.8, 4) is 0 Å². The van der Waals surface area contributed by atoms with Crippen LogP contribution in [-0.2, 0) is 11.3 Å². The monoisotopic (exact) mass is 365 g/mol. The second-order valence-corrected chi connectivity index (χ2v) is 7.21. The predicted molar refractivity (Wildman–Crippen MR) is 97.2 cm³/mol. The maximum Gasteiger partial charge on any atom is 0.407 e. The molecule has 0 aliphatic heterocycles. The van der Waals surface area contributed by atoms with E-state index >= 15 is 0 Å². The molecule has 1 amide bonds. The highest BCUT2D eigenvalue weighted by Crippen LogP contribution is 2.29. The van der Waals surface area contributed by atoms with Crippen LogP contribution in [0.1, 0.15) is 12.5 Å². The van der Waals surface area contributed by atoms with Crippen molar-refractivity contribution in [2.45, 2.75) is 35.3 Å². The topological polar surface area (TPSA) is 58.6 Å². The number of carbonyl (C=O) groups excluding carboxylic acids is 1. The molecule has 3 atom stereocenters. The first-order valence-corrected chi connectivity index (χ1v) is 8.89. The van der Waals surface area contributed by atoms with Crippen molar-refractivity contribution in [3.63, 3.8) is 0 Å². The summed E-state index contributed by atoms with van der Waals surface area (Å²) in [6.45, 7) is 1.87. The minimum atomic E-state index is -0.916. The highest BCUT2D eigenvalue weighted by Gasteiger charge is 2.25. The molecule has 0 saturated heterocycles. The van der Waals surface area contributed by atoms with E-state index in [4.69, 9.17) is 16.3 Å². The summed E-state index contributed by atoms with van der Waals surface area (Å²) in [6.07, 6.45) is -1.50. The Kier molecular flexibility index (Phi) is 7.43. The molecule has 0 spiro atoms. The van der Waals surface area contributed by atoms with Crippen molar-refractivity contribution in [1.29, 1.82) is 0 Å². The maximum atomic E-state index is 11.8. The van der Waals surface area contributed by atoms with Crippen LogP contribution in [0.15, 0.2) is 65.6 Å². The molecule has 0 aliphatic carbocycles. The molecular weight excluding hydrogens is 346 g/mol. The van der Waals surface area contributed by atoms with Crippen LogP contribution in [0.4, 0.5) is 4.79 Å². The summed E-state index contributed by atoms with van der Waals surface area (Å²) >= 11 is 7.58. The van der Waals surface area contributed by atoms with Crippen LogP contribution in [0.25, 0.3) is 0 Å². The van der Waals surface area contributed by atoms with Crippen molar-refractivity contribution in [1.82, 2.24) is 5.32 Å². The van der Waals surface area contributed by atoms with Gasteiger partial charge in [-0.05, 0) is 24.6 Å². The van der Waals surface area contributed by atoms with E-state index in [1.54, 1.807) is 6.92 Å². The van der Waals surface area contributed by atoms with Crippen molar-refractivity contribution in [2.24, 2.45) is 0 Å². The van der Waals surface area contributed by atoms with Crippen LogP contribution in [0.3, 0.4) is 0 Å². The van der Waals surface area contributed by atoms with Gasteiger partial charge in [-0.15, -0.1) is 23.4 Å². The molecule has 2 N–H and O–H groups in total. The third-order valence-corrected chi connectivity index (χ3v) is 4.90. The van der Waals surface area contributed by atoms with Gasteiger partial charge in [0, 0.05) is 4.90 Å². The first-order chi connectivity index (χ1) is 11.6. The predicted octanol–water partition coefficient (Wildman–Crippen LogP) is 4.02. The number of alkyl carbamates (subject to hydrolysis) is 1. The molecule has 0 fully saturated rings. The van der Waals surface area contributed by atoms with Crippen LogP contribution >= 0.6 is 23.4 Å². The van der Waals surface area contributed by atoms with Gasteiger partial charge in [0.1, 0.15) is 11.3 Å². The fraction of sp³-hybridized carbons (Fsp3) is 0.278. The van der Waals surface area contributed by atoms with Gasteiger partial charge < -0.3 is 15.2 Å². The molecule has 24 heavy (non-hydrogen) atoms. The summed E-state index contributed by atoms with van der Waals surface area (Å²) in [6, 6.07) is 18.4. The van der Waals surface area contributed by atoms with Crippen LogP contribution < -0.4 is 5.32 Å². The van der Waals surface area contributed by atoms with E-state index in [9.17, 15) is 9.90 Å². The Labute approximate surface area is 151 Å². The first kappa shape index (κ1) is 18.6. The zero-order valence-corrected chi connectivity index (χ0v) is 14.8. The van der Waals surface area contributed by atoms with Crippen LogP contribution in [0, 0.1) is 0 Å². The van der Waals surface area contributed by atoms with Crippen molar-refractivity contribution in [2.75, 3.05) is 0 Å². The second kappa shape index (κ2) is 9.57. The van der Waals surface area contributed by atoms with Gasteiger partial charge in [-0.1, -0.05) is 48.5 Å². The van der Waals surface area contributed by atoms with Crippen LogP contribution in [0.5, 0.6) is 0 Å². The number of benzene rings is 2. The largest absolute Gasteiger partial charge is 0.445 e. The number of hydrogen-bond acceptors (Lipinski definition) is 4. The molecule has 0 aromatic heterocycles. The van der Waals surface area contributed by atoms with Gasteiger partial charge in [-0.25, -0.2) is 4.79 Å². The lowest BCUT2D eigenvalue weighted by Crippen LogP contribution is -2.44. The Hall–Kier alpha value is -1.69. The number of rotatable bonds is 7. The number of thioether (sulfide) groups is 1. The lowest BCUT2D eigenvalue weighted by molar-refractivity contribution is 0.112. The Bertz CT molecular complexity index is 627. The fourth-order valence-corrected chi connectivity index (χ4v) is 3.44. The van der Waals surface area contributed by atoms with Gasteiger partial charge in [-0.3, -0.25) is 0 Å². The standard InChI is InChI=1S/C18H20ClNO3S/c1-13(16(21)17(19)24-15-10-6-3-7-11-15)20-18(22)23-12-14-8-4-2-5-9-14/h2-11,13,16-17,21H,12H2,1H3,(H,20,22). The SMILES string of the molecule is CC(NC(=O)OCc1ccccc1)C(O)C(Cl)Sc1ccccc1. The Morgan fingerprint density at radius 3 is 2.38 bits per heavy atom. The number of halogens is 1. The molecule has 2 aromatic rings. The molecule has 2 rings (SSSR count). The Morgan fingerprint density at radius 1 is 1.17 bits per heavy atom. The summed E-state index contributed by atoms with van der Waals surface area (Å²) in [5, 5.41) is 12.9. The molecule has 0 radical (unpaired) electrons. The van der Waals surface area contributed by atoms with Crippen molar-refractivity contribution < 1.29 is 14.6 Å². The molecule has 0 heterocycles. The maximum absolute atomic E-state index is 11.8. The van der Waals surface area contributed by atoms with Gasteiger partial charge >= 0.3 is 6.09 Å². The average Bonchev–Trinajstić information content (AvgIpc) is 2.61. The van der Waals surface area contributed by atoms with E-state index < -0.39 is 22.9 Å². The number of aliphatic hydroxyl groups is 1. The molecule has 0 saturated carbocycles. The van der Waals surface area contributed by atoms with Crippen molar-refractivity contribution in [3.05, 3.63) is 66.2 Å². The lowest BCUT2D eigenvalue weighted by Gasteiger charge is -2.23. The summed E-state index contributed by atoms with van der Waals surface area (Å²) in [7, 11) is 0. The minimum absolute atomic E-state index is 0.179. The van der Waals surface area contributed by atoms with Crippen LogP contribution in [0.2, 0.25) is 0 Å². The van der Waals surface area contributed by atoms with Crippen molar-refractivity contribution >= 4 is 29.5 Å². The molecule has 2 aromatic carbocycles. The second-order valence-electron chi connectivity index (χ2n) is 5.27. The van der Waals surface area contributed by atoms with Gasteiger partial charge in [0.05, 0.1) is 12.1 Å². The number of nitrogens with one attached hydrogen (secondary N) is 1. The molecule has 128 valence electrons. The van der Waals surface area contributed by atoms with Crippen LogP contribution in [-0.4, -0.2) is 28.1 Å². The third kappa shape index (κ3) is 6.07. The number of ether oxygens (including phenoxy) is 1. The number of amides is 1. The van der Waals surface area contributed by atoms with Gasteiger partial charge in [0.15, 0.2) is 0 Å². The highest BCUT2D eigenvalue weighted by atomic mass is 35.5. The summed E-state index contributed by atoms with van der Waals surface area (Å²) < 4.78 is 4.55. The normalized spacial score (nSPS) is 14.5. The van der Waals surface area contributed by atoms with E-state index in [0.717, 1.165) is 10.5 Å². The quantitative estimate of drug-likeness (QED) is 0.574. The van der Waals surface area contributed by atoms with E-state index in [1.807, 2.05) is 60.7 Å². The smallest absolute Gasteiger partial charge is 0.407 e. The van der Waals surface area contributed by atoms with Gasteiger partial charge in [-0.2, -0.15) is 0 Å². The number of alkyl halides is 1.